The Labute approximate surface area is 316 Å². The van der Waals surface area contributed by atoms with Crippen LogP contribution in [-0.2, 0) is 13.1 Å². The number of aliphatic hydroxyl groups is 2. The first-order valence-corrected chi connectivity index (χ1v) is 17.5. The maximum atomic E-state index is 9.97. The fourth-order valence-electron chi connectivity index (χ4n) is 6.39. The van der Waals surface area contributed by atoms with Gasteiger partial charge in [-0.2, -0.15) is 20.7 Å². The summed E-state index contributed by atoms with van der Waals surface area (Å²) in [5.74, 6) is 2.02. The molecule has 16 nitrogen and oxygen atoms in total. The van der Waals surface area contributed by atoms with Gasteiger partial charge in [-0.3, -0.25) is 9.36 Å². The van der Waals surface area contributed by atoms with Crippen LogP contribution in [0.3, 0.4) is 0 Å². The molecule has 0 radical (unpaired) electrons. The van der Waals surface area contributed by atoms with Crippen LogP contribution in [0.2, 0.25) is 0 Å². The Morgan fingerprint density at radius 3 is 1.62 bits per heavy atom. The predicted molar refractivity (Wildman–Crippen MR) is 203 cm³/mol. The van der Waals surface area contributed by atoms with Crippen LogP contribution in [-0.4, -0.2) is 100 Å². The van der Waals surface area contributed by atoms with Gasteiger partial charge >= 0.3 is 0 Å². The lowest BCUT2D eigenvalue weighted by Crippen LogP contribution is -2.51. The van der Waals surface area contributed by atoms with Gasteiger partial charge < -0.3 is 29.9 Å². The Morgan fingerprint density at radius 2 is 1.18 bits per heavy atom. The number of nitriles is 2. The molecule has 0 unspecified atom stereocenters. The van der Waals surface area contributed by atoms with Gasteiger partial charge in [-0.15, -0.1) is 0 Å². The number of phenolic OH excluding ortho intramolecular Hbond substituents is 1. The van der Waals surface area contributed by atoms with E-state index in [1.807, 2.05) is 60.2 Å². The van der Waals surface area contributed by atoms with Gasteiger partial charge in [-0.25, -0.2) is 19.9 Å². The van der Waals surface area contributed by atoms with E-state index in [2.05, 4.69) is 42.3 Å². The number of rotatable bonds is 9. The molecule has 0 aliphatic carbocycles. The second-order valence-electron chi connectivity index (χ2n) is 13.4. The number of benzene rings is 2. The second-order valence-corrected chi connectivity index (χ2v) is 13.4. The number of methoxy groups -OCH3 is 1. The quantitative estimate of drug-likeness (QED) is 0.193. The molecule has 6 heterocycles. The molecular weight excluding hydrogens is 701 g/mol. The average Bonchev–Trinajstić information content (AvgIpc) is 3.77. The summed E-state index contributed by atoms with van der Waals surface area (Å²) in [6, 6.07) is 19.0. The zero-order valence-electron chi connectivity index (χ0n) is 30.4. The minimum Gasteiger partial charge on any atom is -0.508 e. The van der Waals surface area contributed by atoms with Gasteiger partial charge in [0.1, 0.15) is 36.0 Å². The van der Waals surface area contributed by atoms with E-state index in [1.165, 1.54) is 0 Å². The van der Waals surface area contributed by atoms with E-state index >= 15 is 0 Å². The molecule has 55 heavy (non-hydrogen) atoms. The van der Waals surface area contributed by atoms with E-state index in [9.17, 15) is 15.3 Å². The fourth-order valence-corrected chi connectivity index (χ4v) is 6.39. The number of hydrogen-bond acceptors (Lipinski definition) is 14. The summed E-state index contributed by atoms with van der Waals surface area (Å²) in [5, 5.41) is 56.2. The van der Waals surface area contributed by atoms with Crippen molar-refractivity contribution in [3.8, 4) is 68.7 Å². The molecular formula is C39H38N12O4. The van der Waals surface area contributed by atoms with Gasteiger partial charge in [0.25, 0.3) is 0 Å². The lowest BCUT2D eigenvalue weighted by Gasteiger charge is -2.35. The number of nitrogens with zero attached hydrogens (tertiary/aromatic N) is 12. The summed E-state index contributed by atoms with van der Waals surface area (Å²) in [5.41, 5.74) is 7.90. The number of aryl methyl sites for hydroxylation is 2. The number of hydrogen-bond donors (Lipinski definition) is 3. The Hall–Kier alpha value is -6.88. The van der Waals surface area contributed by atoms with Gasteiger partial charge in [0.2, 0.25) is 11.9 Å². The maximum absolute atomic E-state index is 9.97. The van der Waals surface area contributed by atoms with Crippen LogP contribution in [0.15, 0.2) is 73.3 Å². The van der Waals surface area contributed by atoms with Crippen molar-refractivity contribution < 1.29 is 20.1 Å². The SMILES string of the molecule is COc1cc(C)cc(-c2nn(CC#N)cc2-c2ccnc(N3CC(O)C3)n2)c1.Cc1cc(O)cc(-c2nn(CC#N)cc2-c2ccnc(N3CC(O)C3)n2)c1. The zero-order valence-corrected chi connectivity index (χ0v) is 30.4. The van der Waals surface area contributed by atoms with E-state index in [4.69, 9.17) is 15.3 Å². The average molecular weight is 739 g/mol. The third-order valence-electron chi connectivity index (χ3n) is 9.01. The molecule has 278 valence electrons. The lowest BCUT2D eigenvalue weighted by atomic mass is 10.0. The molecule has 0 amide bonds. The smallest absolute Gasteiger partial charge is 0.226 e. The molecule has 3 N–H and O–H groups in total. The molecule has 2 saturated heterocycles. The van der Waals surface area contributed by atoms with E-state index in [1.54, 1.807) is 53.3 Å². The minimum atomic E-state index is -0.346. The largest absolute Gasteiger partial charge is 0.508 e. The molecule has 0 bridgehead atoms. The summed E-state index contributed by atoms with van der Waals surface area (Å²) in [6.07, 6.45) is 6.29. The number of aliphatic hydroxyl groups excluding tert-OH is 2. The molecule has 6 aromatic rings. The molecule has 2 aliphatic rings. The monoisotopic (exact) mass is 738 g/mol. The van der Waals surface area contributed by atoms with Gasteiger partial charge in [0, 0.05) is 73.2 Å². The third kappa shape index (κ3) is 8.06. The van der Waals surface area contributed by atoms with Crippen LogP contribution in [0.5, 0.6) is 11.5 Å². The van der Waals surface area contributed by atoms with E-state index < -0.39 is 0 Å². The first kappa shape index (κ1) is 36.5. The topological polar surface area (TPSA) is 211 Å². The van der Waals surface area contributed by atoms with E-state index in [-0.39, 0.29) is 31.0 Å². The second kappa shape index (κ2) is 15.6. The van der Waals surface area contributed by atoms with E-state index in [0.29, 0.717) is 55.2 Å². The molecule has 2 aromatic carbocycles. The van der Waals surface area contributed by atoms with Crippen molar-refractivity contribution in [2.45, 2.75) is 39.1 Å². The third-order valence-corrected chi connectivity index (χ3v) is 9.01. The summed E-state index contributed by atoms with van der Waals surface area (Å²) in [4.78, 5) is 21.7. The number of β-amino-alcohol motifs (C(OH)–C–C–N with tert-alkyl or cyclic N) is 2. The van der Waals surface area contributed by atoms with Crippen LogP contribution < -0.4 is 14.5 Å². The molecule has 2 fully saturated rings. The molecule has 2 aliphatic heterocycles. The highest BCUT2D eigenvalue weighted by Crippen LogP contribution is 2.35. The summed E-state index contributed by atoms with van der Waals surface area (Å²) in [7, 11) is 1.63. The van der Waals surface area contributed by atoms with Crippen molar-refractivity contribution in [1.82, 2.24) is 39.5 Å². The van der Waals surface area contributed by atoms with Gasteiger partial charge in [0.05, 0.1) is 42.8 Å². The van der Waals surface area contributed by atoms with Crippen LogP contribution in [0, 0.1) is 36.5 Å². The molecule has 0 atom stereocenters. The lowest BCUT2D eigenvalue weighted by molar-refractivity contribution is 0.140. The predicted octanol–water partition coefficient (Wildman–Crippen LogP) is 3.75. The Balaban J connectivity index is 0.000000169. The summed E-state index contributed by atoms with van der Waals surface area (Å²) in [6.45, 7) is 6.22. The number of anilines is 2. The first-order chi connectivity index (χ1) is 26.6. The fraction of sp³-hybridized carbons (Fsp3) is 0.282. The highest BCUT2D eigenvalue weighted by atomic mass is 16.5. The first-order valence-electron chi connectivity index (χ1n) is 17.5. The number of phenols is 1. The molecule has 0 saturated carbocycles. The van der Waals surface area contributed by atoms with Crippen LogP contribution in [0.25, 0.3) is 45.0 Å². The minimum absolute atomic E-state index is 0.112. The summed E-state index contributed by atoms with van der Waals surface area (Å²) < 4.78 is 8.56. The standard InChI is InChI=1S/C20H20N6O2.C19H18N6O2/c1-13-7-14(9-16(8-13)28-2)19-17(12-26(24-19)6-4-21)18-3-5-22-20(23-18)25-10-15(27)11-25;1-12-6-13(8-14(26)7-12)18-16(11-25(23-18)5-3-20)17-2-4-21-19(22-17)24-9-15(27)10-24/h3,5,7-9,12,15,27H,6,10-11H2,1-2H3;2,4,6-8,11,15,26-27H,5,9-10H2,1H3. The molecule has 4 aromatic heterocycles. The van der Waals surface area contributed by atoms with Gasteiger partial charge in [-0.05, 0) is 73.5 Å². The van der Waals surface area contributed by atoms with Crippen molar-refractivity contribution in [3.63, 3.8) is 0 Å². The van der Waals surface area contributed by atoms with Crippen molar-refractivity contribution in [1.29, 1.82) is 10.5 Å². The van der Waals surface area contributed by atoms with Crippen molar-refractivity contribution in [2.75, 3.05) is 43.1 Å². The Bertz CT molecular complexity index is 2400. The Kier molecular flexibility index (Phi) is 10.4. The van der Waals surface area contributed by atoms with Crippen LogP contribution in [0.4, 0.5) is 11.9 Å². The van der Waals surface area contributed by atoms with Crippen molar-refractivity contribution in [2.24, 2.45) is 0 Å². The normalized spacial score (nSPS) is 13.9. The highest BCUT2D eigenvalue weighted by molar-refractivity contribution is 5.81. The van der Waals surface area contributed by atoms with Crippen molar-refractivity contribution in [3.05, 3.63) is 84.4 Å². The maximum Gasteiger partial charge on any atom is 0.226 e. The van der Waals surface area contributed by atoms with Crippen LogP contribution in [0.1, 0.15) is 11.1 Å². The Morgan fingerprint density at radius 1 is 0.709 bits per heavy atom. The highest BCUT2D eigenvalue weighted by Gasteiger charge is 2.28. The van der Waals surface area contributed by atoms with Gasteiger partial charge in [-0.1, -0.05) is 0 Å². The molecule has 16 heteroatoms. The van der Waals surface area contributed by atoms with Crippen LogP contribution >= 0.6 is 0 Å². The molecule has 8 rings (SSSR count). The van der Waals surface area contributed by atoms with E-state index in [0.717, 1.165) is 44.8 Å². The zero-order chi connectivity index (χ0) is 38.6. The number of ether oxygens (including phenoxy) is 1. The number of aromatic nitrogens is 8. The van der Waals surface area contributed by atoms with Gasteiger partial charge in [0.15, 0.2) is 0 Å². The van der Waals surface area contributed by atoms with Crippen molar-refractivity contribution >= 4 is 11.9 Å². The molecule has 0 spiro atoms. The number of aromatic hydroxyl groups is 1. The summed E-state index contributed by atoms with van der Waals surface area (Å²) >= 11 is 0.